The SMILES string of the molecule is [2H]c1nc(-c2cc(-c3cccc4c3nc(-c3cc(C(C)(C)C)cc(C(C)(C)C)c3O)n4-c3ccc(-c4cc(C(C)C)cc(C([2H])(C)C)c4)cc3C([2H])([2H])[2H])cc(C(C)(C)C)c2)c([2H])c(-c2c([2H])c([2H])c(C([2H])([2H])[2H])c([2H])c2[2H])c1[2H]. The summed E-state index contributed by atoms with van der Waals surface area (Å²) in [6.07, 6.45) is -0.618. The second-order valence-corrected chi connectivity index (χ2v) is 21.1. The van der Waals surface area contributed by atoms with Crippen LogP contribution in [0.25, 0.3) is 72.7 Å². The topological polar surface area (TPSA) is 50.9 Å². The summed E-state index contributed by atoms with van der Waals surface area (Å²) in [5.41, 5.74) is 5.23. The Morgan fingerprint density at radius 3 is 1.97 bits per heavy atom. The first kappa shape index (κ1) is 31.6. The van der Waals surface area contributed by atoms with E-state index in [4.69, 9.17) is 22.8 Å². The first-order valence-corrected chi connectivity index (χ1v) is 22.6. The molecule has 338 valence electrons. The number of benzene rings is 6. The summed E-state index contributed by atoms with van der Waals surface area (Å²) in [6, 6.07) is 22.0. The lowest BCUT2D eigenvalue weighted by molar-refractivity contribution is 0.446. The molecule has 0 bridgehead atoms. The lowest BCUT2D eigenvalue weighted by Gasteiger charge is -2.27. The van der Waals surface area contributed by atoms with Gasteiger partial charge in [0.25, 0.3) is 0 Å². The highest BCUT2D eigenvalue weighted by molar-refractivity contribution is 5.97. The summed E-state index contributed by atoms with van der Waals surface area (Å²) in [5.74, 6) is -0.567. The van der Waals surface area contributed by atoms with E-state index in [2.05, 4.69) is 39.6 Å². The van der Waals surface area contributed by atoms with Gasteiger partial charge in [0.1, 0.15) is 11.6 Å². The predicted octanol–water partition coefficient (Wildman–Crippen LogP) is 17.2. The number of rotatable bonds is 8. The van der Waals surface area contributed by atoms with E-state index in [0.29, 0.717) is 50.1 Å². The molecule has 0 amide bonds. The van der Waals surface area contributed by atoms with Crippen LogP contribution in [0.1, 0.15) is 160 Å². The Morgan fingerprint density at radius 1 is 0.621 bits per heavy atom. The van der Waals surface area contributed by atoms with Crippen LogP contribution in [0.3, 0.4) is 0 Å². The number of aromatic hydroxyl groups is 1. The van der Waals surface area contributed by atoms with Gasteiger partial charge in [0, 0.05) is 32.5 Å². The molecule has 0 unspecified atom stereocenters. The quantitative estimate of drug-likeness (QED) is 0.165. The molecule has 0 fully saturated rings. The first-order chi connectivity index (χ1) is 36.6. The molecule has 0 aliphatic heterocycles. The fourth-order valence-corrected chi connectivity index (χ4v) is 8.29. The van der Waals surface area contributed by atoms with Crippen LogP contribution < -0.4 is 0 Å². The fourth-order valence-electron chi connectivity index (χ4n) is 8.29. The van der Waals surface area contributed by atoms with Crippen molar-refractivity contribution in [2.75, 3.05) is 0 Å². The highest BCUT2D eigenvalue weighted by atomic mass is 16.3. The molecule has 2 heterocycles. The van der Waals surface area contributed by atoms with Gasteiger partial charge < -0.3 is 5.11 Å². The molecule has 2 aromatic heterocycles. The molecular formula is C62H69N3O. The lowest BCUT2D eigenvalue weighted by Crippen LogP contribution is -2.17. The van der Waals surface area contributed by atoms with Crippen molar-refractivity contribution >= 4 is 11.0 Å². The average molecular weight is 886 g/mol. The normalized spacial score (nSPS) is 16.1. The van der Waals surface area contributed by atoms with E-state index in [1.807, 2.05) is 116 Å². The van der Waals surface area contributed by atoms with Gasteiger partial charge in [-0.25, -0.2) is 4.98 Å². The first-order valence-electron chi connectivity index (χ1n) is 29.6. The minimum absolute atomic E-state index is 0.0193. The molecular weight excluding hydrogens is 803 g/mol. The number of hydrogen-bond acceptors (Lipinski definition) is 3. The number of para-hydroxylation sites is 1. The van der Waals surface area contributed by atoms with E-state index in [1.54, 1.807) is 28.8 Å². The van der Waals surface area contributed by atoms with Crippen molar-refractivity contribution < 1.29 is 24.3 Å². The molecule has 0 spiro atoms. The number of imidazole rings is 1. The van der Waals surface area contributed by atoms with E-state index in [-0.39, 0.29) is 28.7 Å². The fraction of sp³-hybridized carbons (Fsp3) is 0.323. The smallest absolute Gasteiger partial charge is 0.149 e. The molecule has 4 nitrogen and oxygen atoms in total. The van der Waals surface area contributed by atoms with Gasteiger partial charge >= 0.3 is 0 Å². The average Bonchev–Trinajstić information content (AvgIpc) is 3.82. The number of aromatic nitrogens is 3. The molecule has 66 heavy (non-hydrogen) atoms. The summed E-state index contributed by atoms with van der Waals surface area (Å²) in [7, 11) is 0. The van der Waals surface area contributed by atoms with Crippen molar-refractivity contribution in [2.24, 2.45) is 0 Å². The van der Waals surface area contributed by atoms with Crippen molar-refractivity contribution in [1.29, 1.82) is 0 Å². The maximum absolute atomic E-state index is 12.6. The lowest BCUT2D eigenvalue weighted by atomic mass is 9.79. The van der Waals surface area contributed by atoms with Crippen LogP contribution in [0, 0.1) is 13.7 Å². The van der Waals surface area contributed by atoms with Crippen LogP contribution in [0.4, 0.5) is 0 Å². The zero-order chi connectivity index (χ0) is 59.6. The Labute approximate surface area is 414 Å². The van der Waals surface area contributed by atoms with Gasteiger partial charge in [-0.15, -0.1) is 0 Å². The standard InChI is InChI=1S/C62H69N3O/c1-37(2)44-28-45(38(3)4)30-46(29-44)42-23-24-55(40(6)27-42)65-56-18-16-17-51(57(56)64-59(65)52-35-50(61(10,11)12)36-53(58(52)66)62(13,14)15)47-31-48(33-49(32-47)60(7,8)9)54-34-43(25-26-63-54)41-21-19-39(5)20-22-41/h16-38,66H,1-15H3/i5D3,6D3,19D,20D,21D,22D,25D,26D,34D,37D. The highest BCUT2D eigenvalue weighted by Crippen LogP contribution is 2.45. The Balaban J connectivity index is 1.48. The van der Waals surface area contributed by atoms with Gasteiger partial charge in [-0.05, 0) is 146 Å². The molecule has 0 saturated carbocycles. The molecule has 4 heteroatoms. The summed E-state index contributed by atoms with van der Waals surface area (Å²) < 4.78 is 125. The maximum atomic E-state index is 12.6. The molecule has 0 aliphatic rings. The third-order valence-electron chi connectivity index (χ3n) is 12.3. The van der Waals surface area contributed by atoms with Crippen LogP contribution in [0.15, 0.2) is 127 Å². The molecule has 0 radical (unpaired) electrons. The number of aryl methyl sites for hydroxylation is 1. The Morgan fingerprint density at radius 2 is 1.32 bits per heavy atom. The summed E-state index contributed by atoms with van der Waals surface area (Å²) >= 11 is 0. The molecule has 0 aliphatic carbocycles. The molecule has 0 saturated heterocycles. The zero-order valence-corrected chi connectivity index (χ0v) is 40.4. The summed E-state index contributed by atoms with van der Waals surface area (Å²) in [4.78, 5) is 9.88. The van der Waals surface area contributed by atoms with E-state index in [0.717, 1.165) is 27.8 Å². The van der Waals surface area contributed by atoms with E-state index in [9.17, 15) is 6.48 Å². The summed E-state index contributed by atoms with van der Waals surface area (Å²) in [5, 5.41) is 12.6. The Kier molecular flexibility index (Phi) is 8.23. The van der Waals surface area contributed by atoms with Crippen LogP contribution in [-0.2, 0) is 16.2 Å². The zero-order valence-electron chi connectivity index (χ0n) is 54.4. The van der Waals surface area contributed by atoms with Gasteiger partial charge in [0.2, 0.25) is 0 Å². The van der Waals surface area contributed by atoms with Crippen molar-refractivity contribution in [3.8, 4) is 67.5 Å². The molecule has 8 aromatic rings. The second-order valence-electron chi connectivity index (χ2n) is 21.1. The van der Waals surface area contributed by atoms with Crippen LogP contribution in [-0.4, -0.2) is 19.6 Å². The van der Waals surface area contributed by atoms with Gasteiger partial charge in [-0.3, -0.25) is 9.55 Å². The van der Waals surface area contributed by atoms with E-state index >= 15 is 0 Å². The number of phenols is 1. The third-order valence-corrected chi connectivity index (χ3v) is 12.3. The highest BCUT2D eigenvalue weighted by Gasteiger charge is 2.29. The number of nitrogens with zero attached hydrogens (tertiary/aromatic N) is 3. The summed E-state index contributed by atoms with van der Waals surface area (Å²) in [6.45, 7) is 20.4. The number of hydrogen-bond donors (Lipinski definition) is 1. The van der Waals surface area contributed by atoms with Crippen LogP contribution >= 0.6 is 0 Å². The Bertz CT molecular complexity index is 3770. The van der Waals surface area contributed by atoms with Crippen molar-refractivity contribution in [3.05, 3.63) is 166 Å². The van der Waals surface area contributed by atoms with Crippen molar-refractivity contribution in [2.45, 2.75) is 132 Å². The molecule has 0 atom stereocenters. The van der Waals surface area contributed by atoms with Gasteiger partial charge in [0.05, 0.1) is 37.6 Å². The van der Waals surface area contributed by atoms with E-state index < -0.39 is 95.0 Å². The van der Waals surface area contributed by atoms with Crippen LogP contribution in [0.5, 0.6) is 5.75 Å². The Hall–Kier alpha value is -6.26. The monoisotopic (exact) mass is 886 g/mol. The minimum Gasteiger partial charge on any atom is -0.507 e. The van der Waals surface area contributed by atoms with Gasteiger partial charge in [0.15, 0.2) is 0 Å². The van der Waals surface area contributed by atoms with Crippen molar-refractivity contribution in [3.63, 3.8) is 0 Å². The second kappa shape index (κ2) is 17.2. The molecule has 6 aromatic carbocycles. The minimum atomic E-state index is -3.00. The van der Waals surface area contributed by atoms with Crippen molar-refractivity contribution in [1.82, 2.24) is 14.5 Å². The number of phenolic OH excluding ortho intramolecular Hbond substituents is 1. The van der Waals surface area contributed by atoms with E-state index in [1.165, 1.54) is 0 Å². The van der Waals surface area contributed by atoms with Gasteiger partial charge in [-0.2, -0.15) is 0 Å². The van der Waals surface area contributed by atoms with Crippen LogP contribution in [0.2, 0.25) is 0 Å². The maximum Gasteiger partial charge on any atom is 0.149 e. The molecule has 8 rings (SSSR count). The predicted molar refractivity (Wildman–Crippen MR) is 281 cm³/mol. The van der Waals surface area contributed by atoms with Gasteiger partial charge in [-0.1, -0.05) is 168 Å². The number of pyridine rings is 1. The largest absolute Gasteiger partial charge is 0.507 e. The third kappa shape index (κ3) is 9.12. The molecule has 1 N–H and O–H groups in total. The number of fused-ring (bicyclic) bond motifs is 1.